The van der Waals surface area contributed by atoms with E-state index in [4.69, 9.17) is 15.0 Å². The summed E-state index contributed by atoms with van der Waals surface area (Å²) in [7, 11) is 0. The summed E-state index contributed by atoms with van der Waals surface area (Å²) in [5.74, 6) is -2.16. The Bertz CT molecular complexity index is 1900. The minimum absolute atomic E-state index is 0.0277. The predicted octanol–water partition coefficient (Wildman–Crippen LogP) is 5.79. The second kappa shape index (κ2) is 11.3. The summed E-state index contributed by atoms with van der Waals surface area (Å²) in [5, 5.41) is 5.46. The molecule has 4 aromatic rings. The highest BCUT2D eigenvalue weighted by atomic mass is 32.2. The third-order valence-corrected chi connectivity index (χ3v) is 9.13. The molecule has 0 spiro atoms. The number of thioether (sulfide) groups is 1. The Morgan fingerprint density at radius 2 is 1.86 bits per heavy atom. The van der Waals surface area contributed by atoms with Crippen LogP contribution in [0, 0.1) is 11.6 Å². The fraction of sp³-hybridized carbons (Fsp3) is 0.226. The van der Waals surface area contributed by atoms with Gasteiger partial charge in [-0.1, -0.05) is 53.6 Å². The molecule has 10 nitrogen and oxygen atoms in total. The average Bonchev–Trinajstić information content (AvgIpc) is 3.21. The van der Waals surface area contributed by atoms with Gasteiger partial charge in [-0.3, -0.25) is 19.3 Å². The first kappa shape index (κ1) is 28.0. The molecule has 7 rings (SSSR count). The van der Waals surface area contributed by atoms with Gasteiger partial charge in [0.2, 0.25) is 5.43 Å². The molecule has 222 valence electrons. The van der Waals surface area contributed by atoms with E-state index in [1.54, 1.807) is 39.9 Å². The number of fused-ring (bicyclic) bond motifs is 4. The molecule has 1 saturated heterocycles. The SMILES string of the molecule is [N-]=[N+]=Nc1ccc(COc2c3n(ccc2=O)N([C@@H]2c4ccccc4SCc4c2ccc(F)c4F)C2COCCN2C3=O)cc1. The van der Waals surface area contributed by atoms with Crippen molar-refractivity contribution in [2.24, 2.45) is 5.11 Å². The fourth-order valence-corrected chi connectivity index (χ4v) is 7.09. The Balaban J connectivity index is 1.40. The highest BCUT2D eigenvalue weighted by Gasteiger charge is 2.46. The van der Waals surface area contributed by atoms with Crippen molar-refractivity contribution in [3.8, 4) is 5.75 Å². The topological polar surface area (TPSA) is 113 Å². The molecule has 4 heterocycles. The van der Waals surface area contributed by atoms with Crippen LogP contribution in [0.2, 0.25) is 0 Å². The van der Waals surface area contributed by atoms with Crippen molar-refractivity contribution < 1.29 is 23.0 Å². The van der Waals surface area contributed by atoms with E-state index in [2.05, 4.69) is 10.0 Å². The number of amides is 1. The first-order valence-corrected chi connectivity index (χ1v) is 14.8. The molecule has 1 amide bonds. The molecule has 3 aliphatic rings. The number of ether oxygens (including phenoxy) is 2. The number of rotatable bonds is 5. The van der Waals surface area contributed by atoms with Gasteiger partial charge in [0, 0.05) is 45.6 Å². The number of hydrogen-bond acceptors (Lipinski definition) is 7. The normalized spacial score (nSPS) is 18.7. The van der Waals surface area contributed by atoms with Crippen molar-refractivity contribution in [1.29, 1.82) is 0 Å². The maximum absolute atomic E-state index is 15.4. The number of benzene rings is 3. The molecule has 3 aromatic carbocycles. The monoisotopic (exact) mass is 614 g/mol. The van der Waals surface area contributed by atoms with Crippen LogP contribution in [0.3, 0.4) is 0 Å². The molecule has 0 aliphatic carbocycles. The summed E-state index contributed by atoms with van der Waals surface area (Å²) in [6, 6.07) is 17.7. The molecular weight excluding hydrogens is 590 g/mol. The van der Waals surface area contributed by atoms with Crippen LogP contribution < -0.4 is 15.2 Å². The van der Waals surface area contributed by atoms with Gasteiger partial charge >= 0.3 is 0 Å². The number of morpholine rings is 1. The molecule has 1 aromatic heterocycles. The van der Waals surface area contributed by atoms with Crippen LogP contribution in [0.1, 0.15) is 38.8 Å². The third-order valence-electron chi connectivity index (χ3n) is 8.01. The van der Waals surface area contributed by atoms with Crippen molar-refractivity contribution >= 4 is 23.4 Å². The Morgan fingerprint density at radius 1 is 1.05 bits per heavy atom. The lowest BCUT2D eigenvalue weighted by molar-refractivity contribution is -0.0199. The molecule has 2 atom stereocenters. The minimum Gasteiger partial charge on any atom is -0.482 e. The Morgan fingerprint density at radius 3 is 2.68 bits per heavy atom. The van der Waals surface area contributed by atoms with Crippen LogP contribution >= 0.6 is 11.8 Å². The second-order valence-electron chi connectivity index (χ2n) is 10.4. The third kappa shape index (κ3) is 4.66. The van der Waals surface area contributed by atoms with Gasteiger partial charge in [0.15, 0.2) is 23.1 Å². The summed E-state index contributed by atoms with van der Waals surface area (Å²) < 4.78 is 43.4. The summed E-state index contributed by atoms with van der Waals surface area (Å²) >= 11 is 1.41. The van der Waals surface area contributed by atoms with Crippen molar-refractivity contribution in [2.75, 3.05) is 24.8 Å². The first-order chi connectivity index (χ1) is 21.5. The average molecular weight is 615 g/mol. The van der Waals surface area contributed by atoms with E-state index in [0.29, 0.717) is 23.4 Å². The van der Waals surface area contributed by atoms with Crippen molar-refractivity contribution in [3.05, 3.63) is 133 Å². The highest BCUT2D eigenvalue weighted by molar-refractivity contribution is 7.98. The van der Waals surface area contributed by atoms with Gasteiger partial charge in [0.1, 0.15) is 12.8 Å². The number of nitrogens with zero attached hydrogens (tertiary/aromatic N) is 6. The van der Waals surface area contributed by atoms with Crippen LogP contribution in [-0.2, 0) is 17.1 Å². The quantitative estimate of drug-likeness (QED) is 0.160. The summed E-state index contributed by atoms with van der Waals surface area (Å²) in [6.45, 7) is 0.695. The van der Waals surface area contributed by atoms with Crippen molar-refractivity contribution in [1.82, 2.24) is 9.58 Å². The van der Waals surface area contributed by atoms with E-state index < -0.39 is 35.2 Å². The largest absolute Gasteiger partial charge is 0.482 e. The maximum atomic E-state index is 15.4. The number of carbonyl (C=O) groups is 1. The van der Waals surface area contributed by atoms with Gasteiger partial charge in [-0.05, 0) is 34.4 Å². The fourth-order valence-electron chi connectivity index (χ4n) is 5.98. The van der Waals surface area contributed by atoms with Crippen LogP contribution in [0.25, 0.3) is 10.4 Å². The standard InChI is InChI=1S/C31H24F2N6O4S/c32-23-10-9-20-22(27(23)33)17-44-25-4-2-1-3-21(25)28(20)39-26-16-42-14-13-37(26)31(41)29-30(24(40)11-12-38(29)39)43-15-18-5-7-19(8-6-18)35-36-34/h1-12,26,28H,13-17H2/t26?,28-/m0/s1. The molecule has 0 N–H and O–H groups in total. The van der Waals surface area contributed by atoms with Crippen molar-refractivity contribution in [2.45, 2.75) is 29.5 Å². The van der Waals surface area contributed by atoms with Gasteiger partial charge < -0.3 is 14.4 Å². The number of carbonyl (C=O) groups excluding carboxylic acids is 1. The number of hydrogen-bond donors (Lipinski definition) is 0. The molecule has 0 saturated carbocycles. The predicted molar refractivity (Wildman–Crippen MR) is 158 cm³/mol. The van der Waals surface area contributed by atoms with Gasteiger partial charge in [-0.15, -0.1) is 11.8 Å². The van der Waals surface area contributed by atoms with Crippen molar-refractivity contribution in [3.63, 3.8) is 0 Å². The number of azide groups is 1. The maximum Gasteiger partial charge on any atom is 0.278 e. The zero-order valence-corrected chi connectivity index (χ0v) is 23.9. The lowest BCUT2D eigenvalue weighted by atomic mass is 9.93. The zero-order valence-electron chi connectivity index (χ0n) is 23.1. The Hall–Kier alpha value is -4.84. The lowest BCUT2D eigenvalue weighted by Crippen LogP contribution is -2.66. The smallest absolute Gasteiger partial charge is 0.278 e. The molecule has 1 unspecified atom stereocenters. The highest BCUT2D eigenvalue weighted by Crippen LogP contribution is 2.45. The molecule has 3 aliphatic heterocycles. The van der Waals surface area contributed by atoms with Crippen LogP contribution in [-0.4, -0.2) is 41.4 Å². The molecule has 13 heteroatoms. The molecule has 0 radical (unpaired) electrons. The summed E-state index contributed by atoms with van der Waals surface area (Å²) in [6.07, 6.45) is 0.901. The molecule has 1 fully saturated rings. The molecule has 0 bridgehead atoms. The van der Waals surface area contributed by atoms with Gasteiger partial charge in [0.25, 0.3) is 5.91 Å². The Labute approximate surface area is 254 Å². The van der Waals surface area contributed by atoms with E-state index in [1.165, 1.54) is 24.0 Å². The van der Waals surface area contributed by atoms with Gasteiger partial charge in [-0.25, -0.2) is 8.78 Å². The van der Waals surface area contributed by atoms with Crippen LogP contribution in [0.4, 0.5) is 14.5 Å². The minimum atomic E-state index is -0.933. The number of pyridine rings is 1. The lowest BCUT2D eigenvalue weighted by Gasteiger charge is -2.51. The number of aromatic nitrogens is 1. The number of halogens is 2. The van der Waals surface area contributed by atoms with Gasteiger partial charge in [0.05, 0.1) is 19.3 Å². The molecular formula is C31H24F2N6O4S. The Kier molecular flexibility index (Phi) is 7.21. The molecule has 44 heavy (non-hydrogen) atoms. The summed E-state index contributed by atoms with van der Waals surface area (Å²) in [5.41, 5.74) is 11.0. The van der Waals surface area contributed by atoms with E-state index in [0.717, 1.165) is 16.5 Å². The second-order valence-corrected chi connectivity index (χ2v) is 11.5. The van der Waals surface area contributed by atoms with E-state index >= 15 is 4.39 Å². The van der Waals surface area contributed by atoms with Crippen LogP contribution in [0.5, 0.6) is 5.75 Å². The first-order valence-electron chi connectivity index (χ1n) is 13.8. The van der Waals surface area contributed by atoms with Gasteiger partial charge in [-0.2, -0.15) is 0 Å². The van der Waals surface area contributed by atoms with E-state index in [9.17, 15) is 14.0 Å². The van der Waals surface area contributed by atoms with E-state index in [-0.39, 0.29) is 42.5 Å². The summed E-state index contributed by atoms with van der Waals surface area (Å²) in [4.78, 5) is 32.7. The van der Waals surface area contributed by atoms with E-state index in [1.807, 2.05) is 29.3 Å². The van der Waals surface area contributed by atoms with Crippen LogP contribution in [0.15, 0.2) is 87.7 Å². The zero-order chi connectivity index (χ0) is 30.4.